The van der Waals surface area contributed by atoms with Crippen molar-refractivity contribution in [2.75, 3.05) is 33.3 Å². The SMILES string of the molecule is COC(=O)C1CCN(C(=O)[C@@H]2CCC(=O)N(CCCc3ccccc3)C2)CC1. The van der Waals surface area contributed by atoms with Gasteiger partial charge in [0.05, 0.1) is 18.9 Å². The molecule has 0 unspecified atom stereocenters. The molecule has 0 bridgehead atoms. The number of aryl methyl sites for hydroxylation is 1. The highest BCUT2D eigenvalue weighted by Gasteiger charge is 2.35. The van der Waals surface area contributed by atoms with Crippen LogP contribution in [0.25, 0.3) is 0 Å². The van der Waals surface area contributed by atoms with Crippen LogP contribution in [0.3, 0.4) is 0 Å². The summed E-state index contributed by atoms with van der Waals surface area (Å²) in [5.41, 5.74) is 1.27. The molecule has 0 aromatic heterocycles. The van der Waals surface area contributed by atoms with Gasteiger partial charge in [0.15, 0.2) is 0 Å². The van der Waals surface area contributed by atoms with Gasteiger partial charge in [0, 0.05) is 32.6 Å². The van der Waals surface area contributed by atoms with Crippen LogP contribution in [0.4, 0.5) is 0 Å². The normalized spacial score (nSPS) is 20.9. The number of hydrogen-bond acceptors (Lipinski definition) is 4. The molecule has 2 heterocycles. The molecule has 1 aromatic rings. The third-order valence-electron chi connectivity index (χ3n) is 5.93. The lowest BCUT2D eigenvalue weighted by Crippen LogP contribution is -2.49. The molecule has 0 saturated carbocycles. The summed E-state index contributed by atoms with van der Waals surface area (Å²) in [6.45, 7) is 2.40. The summed E-state index contributed by atoms with van der Waals surface area (Å²) in [7, 11) is 1.41. The minimum Gasteiger partial charge on any atom is -0.469 e. The maximum atomic E-state index is 12.9. The zero-order valence-corrected chi connectivity index (χ0v) is 16.6. The van der Waals surface area contributed by atoms with Crippen molar-refractivity contribution in [3.8, 4) is 0 Å². The van der Waals surface area contributed by atoms with Crippen molar-refractivity contribution >= 4 is 17.8 Å². The molecule has 3 rings (SSSR count). The highest BCUT2D eigenvalue weighted by molar-refractivity contribution is 5.84. The number of ether oxygens (including phenoxy) is 1. The Hall–Kier alpha value is -2.37. The third kappa shape index (κ3) is 5.12. The number of carbonyl (C=O) groups excluding carboxylic acids is 3. The van der Waals surface area contributed by atoms with E-state index < -0.39 is 0 Å². The van der Waals surface area contributed by atoms with Gasteiger partial charge in [-0.05, 0) is 37.7 Å². The van der Waals surface area contributed by atoms with Gasteiger partial charge in [0.25, 0.3) is 0 Å². The standard InChI is InChI=1S/C22H30N2O4/c1-28-22(27)18-11-14-23(15-12-18)21(26)19-9-10-20(25)24(16-19)13-5-8-17-6-3-2-4-7-17/h2-4,6-7,18-19H,5,8-16H2,1H3/t19-/m1/s1. The second-order valence-electron chi connectivity index (χ2n) is 7.79. The van der Waals surface area contributed by atoms with Gasteiger partial charge in [-0.25, -0.2) is 0 Å². The Morgan fingerprint density at radius 3 is 2.46 bits per heavy atom. The second kappa shape index (κ2) is 9.71. The molecule has 2 amide bonds. The molecule has 2 aliphatic heterocycles. The molecule has 2 aliphatic rings. The molecular formula is C22H30N2O4. The van der Waals surface area contributed by atoms with Gasteiger partial charge >= 0.3 is 5.97 Å². The molecule has 1 atom stereocenters. The summed E-state index contributed by atoms with van der Waals surface area (Å²) >= 11 is 0. The fraction of sp³-hybridized carbons (Fsp3) is 0.591. The Bertz CT molecular complexity index is 683. The first-order valence-electron chi connectivity index (χ1n) is 10.3. The molecular weight excluding hydrogens is 356 g/mol. The molecule has 0 spiro atoms. The van der Waals surface area contributed by atoms with Gasteiger partial charge in [-0.1, -0.05) is 30.3 Å². The van der Waals surface area contributed by atoms with Crippen LogP contribution in [0.5, 0.6) is 0 Å². The Kier molecular flexibility index (Phi) is 7.06. The molecule has 2 fully saturated rings. The fourth-order valence-corrected chi connectivity index (χ4v) is 4.21. The van der Waals surface area contributed by atoms with Crippen molar-refractivity contribution in [2.45, 2.75) is 38.5 Å². The van der Waals surface area contributed by atoms with Gasteiger partial charge in [0.1, 0.15) is 0 Å². The molecule has 6 nitrogen and oxygen atoms in total. The smallest absolute Gasteiger partial charge is 0.308 e. The van der Waals surface area contributed by atoms with Gasteiger partial charge in [-0.2, -0.15) is 0 Å². The van der Waals surface area contributed by atoms with Crippen molar-refractivity contribution in [3.63, 3.8) is 0 Å². The third-order valence-corrected chi connectivity index (χ3v) is 5.93. The van der Waals surface area contributed by atoms with E-state index in [9.17, 15) is 14.4 Å². The number of nitrogens with zero attached hydrogens (tertiary/aromatic N) is 2. The highest BCUT2D eigenvalue weighted by atomic mass is 16.5. The van der Waals surface area contributed by atoms with Crippen molar-refractivity contribution in [1.29, 1.82) is 0 Å². The summed E-state index contributed by atoms with van der Waals surface area (Å²) in [5.74, 6) is -0.120. The van der Waals surface area contributed by atoms with Crippen molar-refractivity contribution in [1.82, 2.24) is 9.80 Å². The number of carbonyl (C=O) groups is 3. The summed E-state index contributed by atoms with van der Waals surface area (Å²) in [5, 5.41) is 0. The minimum atomic E-state index is -0.181. The second-order valence-corrected chi connectivity index (χ2v) is 7.79. The maximum absolute atomic E-state index is 12.9. The molecule has 1 aromatic carbocycles. The Balaban J connectivity index is 1.47. The van der Waals surface area contributed by atoms with Gasteiger partial charge < -0.3 is 14.5 Å². The lowest BCUT2D eigenvalue weighted by Gasteiger charge is -2.37. The van der Waals surface area contributed by atoms with Crippen LogP contribution in [-0.4, -0.2) is 60.9 Å². The minimum absolute atomic E-state index is 0.100. The van der Waals surface area contributed by atoms with Crippen LogP contribution in [0.15, 0.2) is 30.3 Å². The topological polar surface area (TPSA) is 66.9 Å². The van der Waals surface area contributed by atoms with E-state index in [4.69, 9.17) is 4.74 Å². The first-order valence-corrected chi connectivity index (χ1v) is 10.3. The quantitative estimate of drug-likeness (QED) is 0.704. The number of likely N-dealkylation sites (tertiary alicyclic amines) is 2. The first kappa shape index (κ1) is 20.4. The van der Waals surface area contributed by atoms with Gasteiger partial charge in [-0.3, -0.25) is 14.4 Å². The van der Waals surface area contributed by atoms with Gasteiger partial charge in [0.2, 0.25) is 11.8 Å². The van der Waals surface area contributed by atoms with E-state index in [2.05, 4.69) is 12.1 Å². The zero-order valence-electron chi connectivity index (χ0n) is 16.6. The molecule has 152 valence electrons. The van der Waals surface area contributed by atoms with Crippen LogP contribution in [0.1, 0.15) is 37.7 Å². The van der Waals surface area contributed by atoms with Crippen molar-refractivity contribution in [2.24, 2.45) is 11.8 Å². The predicted octanol–water partition coefficient (Wildman–Crippen LogP) is 2.27. The Morgan fingerprint density at radius 1 is 1.07 bits per heavy atom. The highest BCUT2D eigenvalue weighted by Crippen LogP contribution is 2.24. The summed E-state index contributed by atoms with van der Waals surface area (Å²) in [6.07, 6.45) is 4.23. The van der Waals surface area contributed by atoms with E-state index >= 15 is 0 Å². The van der Waals surface area contributed by atoms with E-state index in [1.54, 1.807) is 0 Å². The molecule has 2 saturated heterocycles. The van der Waals surface area contributed by atoms with E-state index in [-0.39, 0.29) is 29.6 Å². The van der Waals surface area contributed by atoms with Crippen molar-refractivity contribution < 1.29 is 19.1 Å². The van der Waals surface area contributed by atoms with E-state index in [1.807, 2.05) is 28.0 Å². The van der Waals surface area contributed by atoms with Crippen LogP contribution in [0.2, 0.25) is 0 Å². The fourth-order valence-electron chi connectivity index (χ4n) is 4.21. The molecule has 28 heavy (non-hydrogen) atoms. The Morgan fingerprint density at radius 2 is 1.79 bits per heavy atom. The van der Waals surface area contributed by atoms with E-state index in [1.165, 1.54) is 12.7 Å². The number of piperidine rings is 2. The first-order chi connectivity index (χ1) is 13.6. The number of benzene rings is 1. The Labute approximate surface area is 166 Å². The van der Waals surface area contributed by atoms with Crippen LogP contribution in [-0.2, 0) is 25.5 Å². The van der Waals surface area contributed by atoms with E-state index in [0.29, 0.717) is 51.9 Å². The summed E-state index contributed by atoms with van der Waals surface area (Å²) in [6, 6.07) is 10.3. The largest absolute Gasteiger partial charge is 0.469 e. The summed E-state index contributed by atoms with van der Waals surface area (Å²) in [4.78, 5) is 40.6. The summed E-state index contributed by atoms with van der Waals surface area (Å²) < 4.78 is 4.81. The molecule has 6 heteroatoms. The lowest BCUT2D eigenvalue weighted by molar-refractivity contribution is -0.151. The predicted molar refractivity (Wildman–Crippen MR) is 105 cm³/mol. The average molecular weight is 386 g/mol. The van der Waals surface area contributed by atoms with Crippen LogP contribution in [0, 0.1) is 11.8 Å². The maximum Gasteiger partial charge on any atom is 0.308 e. The number of rotatable bonds is 6. The monoisotopic (exact) mass is 386 g/mol. The number of hydrogen-bond donors (Lipinski definition) is 0. The zero-order chi connectivity index (χ0) is 19.9. The lowest BCUT2D eigenvalue weighted by atomic mass is 9.92. The number of amides is 2. The molecule has 0 aliphatic carbocycles. The van der Waals surface area contributed by atoms with Crippen LogP contribution < -0.4 is 0 Å². The molecule has 0 radical (unpaired) electrons. The van der Waals surface area contributed by atoms with Crippen molar-refractivity contribution in [3.05, 3.63) is 35.9 Å². The average Bonchev–Trinajstić information content (AvgIpc) is 2.75. The van der Waals surface area contributed by atoms with E-state index in [0.717, 1.165) is 12.8 Å². The number of methoxy groups -OCH3 is 1. The van der Waals surface area contributed by atoms with Gasteiger partial charge in [-0.15, -0.1) is 0 Å². The number of esters is 1. The van der Waals surface area contributed by atoms with Crippen LogP contribution >= 0.6 is 0 Å². The molecule has 0 N–H and O–H groups in total.